The van der Waals surface area contributed by atoms with Crippen molar-refractivity contribution in [1.82, 2.24) is 10.5 Å². The third kappa shape index (κ3) is 2.80. The molecule has 0 saturated heterocycles. The Morgan fingerprint density at radius 3 is 2.56 bits per heavy atom. The van der Waals surface area contributed by atoms with Crippen LogP contribution in [0.4, 0.5) is 0 Å². The summed E-state index contributed by atoms with van der Waals surface area (Å²) in [5, 5.41) is 23.5. The maximum atomic E-state index is 11.5. The lowest BCUT2D eigenvalue weighted by atomic mass is 10.2. The number of hydrogen-bond acceptors (Lipinski definition) is 5. The SMILES string of the molecule is Cc1cc(C(=O)NC(C(=O)O)C(C)O)on1. The molecule has 2 atom stereocenters. The molecule has 0 aliphatic heterocycles. The predicted molar refractivity (Wildman–Crippen MR) is 51.8 cm³/mol. The lowest BCUT2D eigenvalue weighted by Gasteiger charge is -2.15. The van der Waals surface area contributed by atoms with Gasteiger partial charge < -0.3 is 20.1 Å². The molecule has 7 heteroatoms. The van der Waals surface area contributed by atoms with Crippen LogP contribution < -0.4 is 5.32 Å². The van der Waals surface area contributed by atoms with Gasteiger partial charge in [0.15, 0.2) is 6.04 Å². The number of rotatable bonds is 4. The maximum Gasteiger partial charge on any atom is 0.328 e. The summed E-state index contributed by atoms with van der Waals surface area (Å²) in [7, 11) is 0. The Bertz CT molecular complexity index is 398. The van der Waals surface area contributed by atoms with E-state index in [9.17, 15) is 9.59 Å². The Balaban J connectivity index is 2.73. The molecule has 88 valence electrons. The standard InChI is InChI=1S/C9H12N2O5/c1-4-3-6(16-11-4)8(13)10-7(5(2)12)9(14)15/h3,5,7,12H,1-2H3,(H,10,13)(H,14,15). The van der Waals surface area contributed by atoms with Crippen LogP contribution in [0.2, 0.25) is 0 Å². The molecule has 0 spiro atoms. The number of nitrogens with zero attached hydrogens (tertiary/aromatic N) is 1. The van der Waals surface area contributed by atoms with Crippen molar-refractivity contribution in [2.24, 2.45) is 0 Å². The van der Waals surface area contributed by atoms with Crippen molar-refractivity contribution >= 4 is 11.9 Å². The summed E-state index contributed by atoms with van der Waals surface area (Å²) >= 11 is 0. The number of carboxylic acids is 1. The minimum atomic E-state index is -1.38. The van der Waals surface area contributed by atoms with Crippen LogP contribution in [0.3, 0.4) is 0 Å². The second-order valence-corrected chi connectivity index (χ2v) is 3.36. The molecule has 3 N–H and O–H groups in total. The van der Waals surface area contributed by atoms with Gasteiger partial charge in [0.1, 0.15) is 0 Å². The van der Waals surface area contributed by atoms with Crippen molar-refractivity contribution in [1.29, 1.82) is 0 Å². The fraction of sp³-hybridized carbons (Fsp3) is 0.444. The molecule has 1 rings (SSSR count). The Morgan fingerprint density at radius 2 is 2.19 bits per heavy atom. The van der Waals surface area contributed by atoms with Gasteiger partial charge in [0.2, 0.25) is 5.76 Å². The Morgan fingerprint density at radius 1 is 1.56 bits per heavy atom. The summed E-state index contributed by atoms with van der Waals surface area (Å²) in [5.74, 6) is -2.14. The second kappa shape index (κ2) is 4.75. The minimum absolute atomic E-state index is 0.0931. The molecule has 0 aliphatic carbocycles. The molecule has 1 aromatic rings. The average Bonchev–Trinajstić information content (AvgIpc) is 2.59. The van der Waals surface area contributed by atoms with Gasteiger partial charge in [-0.15, -0.1) is 0 Å². The van der Waals surface area contributed by atoms with Crippen LogP contribution in [0.1, 0.15) is 23.2 Å². The largest absolute Gasteiger partial charge is 0.480 e. The van der Waals surface area contributed by atoms with Crippen molar-refractivity contribution in [3.63, 3.8) is 0 Å². The molecule has 0 saturated carbocycles. The first-order valence-electron chi connectivity index (χ1n) is 4.57. The number of aryl methyl sites for hydroxylation is 1. The molecule has 0 bridgehead atoms. The first-order chi connectivity index (χ1) is 7.41. The normalized spacial score (nSPS) is 14.2. The molecule has 16 heavy (non-hydrogen) atoms. The van der Waals surface area contributed by atoms with E-state index in [2.05, 4.69) is 15.0 Å². The summed E-state index contributed by atoms with van der Waals surface area (Å²) in [6, 6.07) is -0.00562. The van der Waals surface area contributed by atoms with E-state index in [1.54, 1.807) is 6.92 Å². The summed E-state index contributed by atoms with van der Waals surface area (Å²) in [6.45, 7) is 2.90. The molecular weight excluding hydrogens is 216 g/mol. The van der Waals surface area contributed by atoms with Gasteiger partial charge in [0, 0.05) is 6.07 Å². The van der Waals surface area contributed by atoms with Gasteiger partial charge in [-0.25, -0.2) is 4.79 Å². The minimum Gasteiger partial charge on any atom is -0.480 e. The van der Waals surface area contributed by atoms with Crippen molar-refractivity contribution in [2.45, 2.75) is 26.0 Å². The average molecular weight is 228 g/mol. The zero-order valence-electron chi connectivity index (χ0n) is 8.80. The fourth-order valence-corrected chi connectivity index (χ4v) is 1.07. The van der Waals surface area contributed by atoms with E-state index in [0.29, 0.717) is 5.69 Å². The molecule has 0 aliphatic rings. The number of carboxylic acid groups (broad SMARTS) is 1. The monoisotopic (exact) mass is 228 g/mol. The third-order valence-electron chi connectivity index (χ3n) is 1.89. The number of aromatic nitrogens is 1. The van der Waals surface area contributed by atoms with Crippen LogP contribution >= 0.6 is 0 Å². The van der Waals surface area contributed by atoms with E-state index >= 15 is 0 Å². The van der Waals surface area contributed by atoms with E-state index in [4.69, 9.17) is 10.2 Å². The smallest absolute Gasteiger partial charge is 0.328 e. The van der Waals surface area contributed by atoms with E-state index in [0.717, 1.165) is 0 Å². The number of aliphatic hydroxyl groups is 1. The van der Waals surface area contributed by atoms with Crippen molar-refractivity contribution in [3.8, 4) is 0 Å². The quantitative estimate of drug-likeness (QED) is 0.643. The van der Waals surface area contributed by atoms with Crippen LogP contribution in [0.15, 0.2) is 10.6 Å². The first-order valence-corrected chi connectivity index (χ1v) is 4.57. The third-order valence-corrected chi connectivity index (χ3v) is 1.89. The number of aliphatic hydroxyl groups excluding tert-OH is 1. The molecule has 0 fully saturated rings. The number of carbonyl (C=O) groups excluding carboxylic acids is 1. The summed E-state index contributed by atoms with van der Waals surface area (Å²) in [6.07, 6.45) is -1.20. The van der Waals surface area contributed by atoms with Gasteiger partial charge in [-0.3, -0.25) is 4.79 Å². The van der Waals surface area contributed by atoms with Crippen molar-refractivity contribution in [3.05, 3.63) is 17.5 Å². The van der Waals surface area contributed by atoms with Crippen LogP contribution in [0.5, 0.6) is 0 Å². The predicted octanol–water partition coefficient (Wildman–Crippen LogP) is -0.453. The van der Waals surface area contributed by atoms with Gasteiger partial charge in [0.05, 0.1) is 11.8 Å². The molecule has 0 radical (unpaired) electrons. The lowest BCUT2D eigenvalue weighted by Crippen LogP contribution is -2.47. The fourth-order valence-electron chi connectivity index (χ4n) is 1.07. The molecule has 1 aromatic heterocycles. The van der Waals surface area contributed by atoms with Gasteiger partial charge >= 0.3 is 5.97 Å². The molecular formula is C9H12N2O5. The van der Waals surface area contributed by atoms with Gasteiger partial charge in [-0.2, -0.15) is 0 Å². The van der Waals surface area contributed by atoms with Crippen molar-refractivity contribution in [2.75, 3.05) is 0 Å². The molecule has 1 amide bonds. The van der Waals surface area contributed by atoms with Gasteiger partial charge in [0.25, 0.3) is 5.91 Å². The second-order valence-electron chi connectivity index (χ2n) is 3.36. The highest BCUT2D eigenvalue weighted by Gasteiger charge is 2.26. The van der Waals surface area contributed by atoms with Crippen LogP contribution in [0.25, 0.3) is 0 Å². The number of amides is 1. The molecule has 2 unspecified atom stereocenters. The molecule has 7 nitrogen and oxygen atoms in total. The number of nitrogens with one attached hydrogen (secondary N) is 1. The summed E-state index contributed by atoms with van der Waals surface area (Å²) in [5.41, 5.74) is 0.508. The number of aliphatic carboxylic acids is 1. The maximum absolute atomic E-state index is 11.5. The molecule has 0 aromatic carbocycles. The lowest BCUT2D eigenvalue weighted by molar-refractivity contribution is -0.141. The zero-order valence-corrected chi connectivity index (χ0v) is 8.80. The van der Waals surface area contributed by atoms with E-state index in [-0.39, 0.29) is 5.76 Å². The number of hydrogen-bond donors (Lipinski definition) is 3. The Labute approximate surface area is 91.0 Å². The van der Waals surface area contributed by atoms with E-state index in [1.807, 2.05) is 0 Å². The van der Waals surface area contributed by atoms with Gasteiger partial charge in [-0.05, 0) is 13.8 Å². The van der Waals surface area contributed by atoms with Crippen LogP contribution in [0, 0.1) is 6.92 Å². The zero-order chi connectivity index (χ0) is 12.3. The highest BCUT2D eigenvalue weighted by Crippen LogP contribution is 2.03. The Hall–Kier alpha value is -1.89. The first kappa shape index (κ1) is 12.2. The van der Waals surface area contributed by atoms with Crippen LogP contribution in [-0.2, 0) is 4.79 Å². The number of carbonyl (C=O) groups is 2. The summed E-state index contributed by atoms with van der Waals surface area (Å²) < 4.78 is 4.65. The Kier molecular flexibility index (Phi) is 3.62. The summed E-state index contributed by atoms with van der Waals surface area (Å²) in [4.78, 5) is 22.2. The highest BCUT2D eigenvalue weighted by molar-refractivity contribution is 5.94. The highest BCUT2D eigenvalue weighted by atomic mass is 16.5. The van der Waals surface area contributed by atoms with E-state index in [1.165, 1.54) is 13.0 Å². The van der Waals surface area contributed by atoms with E-state index < -0.39 is 24.0 Å². The topological polar surface area (TPSA) is 113 Å². The van der Waals surface area contributed by atoms with Crippen LogP contribution in [-0.4, -0.2) is 39.4 Å². The van der Waals surface area contributed by atoms with Crippen molar-refractivity contribution < 1.29 is 24.3 Å². The molecule has 1 heterocycles. The van der Waals surface area contributed by atoms with Gasteiger partial charge in [-0.1, -0.05) is 5.16 Å².